The summed E-state index contributed by atoms with van der Waals surface area (Å²) in [5, 5.41) is 0. The second-order valence-corrected chi connectivity index (χ2v) is 21.1. The van der Waals surface area contributed by atoms with E-state index >= 15 is 0 Å². The molecule has 0 amide bonds. The van der Waals surface area contributed by atoms with Gasteiger partial charge in [0.25, 0.3) is 0 Å². The molecule has 0 saturated heterocycles. The molecule has 3 fully saturated rings. The molecule has 9 unspecified atom stereocenters. The van der Waals surface area contributed by atoms with E-state index in [2.05, 4.69) is 90.9 Å². The normalized spacial score (nSPS) is 29.6. The van der Waals surface area contributed by atoms with Crippen LogP contribution in [0.3, 0.4) is 0 Å². The third-order valence-corrected chi connectivity index (χ3v) is 15.9. The van der Waals surface area contributed by atoms with E-state index in [1.165, 1.54) is 135 Å². The largest absolute Gasteiger partial charge is 0.379 e. The van der Waals surface area contributed by atoms with Crippen molar-refractivity contribution in [1.82, 2.24) is 4.90 Å². The van der Waals surface area contributed by atoms with Gasteiger partial charge in [0.1, 0.15) is 0 Å². The lowest BCUT2D eigenvalue weighted by molar-refractivity contribution is -0.0642. The Morgan fingerprint density at radius 3 is 2.21 bits per heavy atom. The van der Waals surface area contributed by atoms with E-state index in [9.17, 15) is 0 Å². The fourth-order valence-electron chi connectivity index (χ4n) is 12.5. The lowest BCUT2D eigenvalue weighted by Gasteiger charge is -2.58. The van der Waals surface area contributed by atoms with Crippen molar-refractivity contribution in [2.75, 3.05) is 47.1 Å². The van der Waals surface area contributed by atoms with Crippen molar-refractivity contribution in [2.45, 2.75) is 214 Å². The van der Waals surface area contributed by atoms with Gasteiger partial charge in [0, 0.05) is 26.4 Å². The van der Waals surface area contributed by atoms with Gasteiger partial charge in [-0.25, -0.2) is 0 Å². The maximum Gasteiger partial charge on any atom is 0.0934 e. The zero-order valence-electron chi connectivity index (χ0n) is 39.9. The Bertz CT molecular complexity index is 1170. The summed E-state index contributed by atoms with van der Waals surface area (Å²) in [4.78, 5) is 2.23. The molecule has 4 aliphatic carbocycles. The van der Waals surface area contributed by atoms with Crippen molar-refractivity contribution in [2.24, 2.45) is 46.3 Å². The summed E-state index contributed by atoms with van der Waals surface area (Å²) in [5.74, 6) is 5.45. The van der Waals surface area contributed by atoms with Crippen LogP contribution >= 0.6 is 0 Å². The fourth-order valence-corrected chi connectivity index (χ4v) is 12.5. The van der Waals surface area contributed by atoms with Crippen LogP contribution in [0.15, 0.2) is 36.0 Å². The minimum atomic E-state index is 0.155. The van der Waals surface area contributed by atoms with Crippen molar-refractivity contribution in [3.63, 3.8) is 0 Å². The smallest absolute Gasteiger partial charge is 0.0934 e. The van der Waals surface area contributed by atoms with E-state index in [0.717, 1.165) is 87.6 Å². The molecule has 0 aromatic heterocycles. The van der Waals surface area contributed by atoms with Gasteiger partial charge < -0.3 is 19.1 Å². The van der Waals surface area contributed by atoms with Crippen molar-refractivity contribution in [1.29, 1.82) is 0 Å². The van der Waals surface area contributed by atoms with Crippen LogP contribution in [0.1, 0.15) is 202 Å². The Kier molecular flexibility index (Phi) is 23.3. The number of ether oxygens (including phenoxy) is 3. The molecular formula is C54H97NO3. The van der Waals surface area contributed by atoms with E-state index < -0.39 is 0 Å². The highest BCUT2D eigenvalue weighted by Crippen LogP contribution is 2.67. The van der Waals surface area contributed by atoms with Gasteiger partial charge in [-0.1, -0.05) is 135 Å². The maximum atomic E-state index is 6.60. The molecule has 9 atom stereocenters. The van der Waals surface area contributed by atoms with Crippen LogP contribution in [-0.2, 0) is 14.2 Å². The molecule has 0 radical (unpaired) electrons. The van der Waals surface area contributed by atoms with Gasteiger partial charge in [0.2, 0.25) is 0 Å². The fraction of sp³-hybridized carbons (Fsp3) is 0.889. The van der Waals surface area contributed by atoms with E-state index in [-0.39, 0.29) is 6.10 Å². The lowest BCUT2D eigenvalue weighted by atomic mass is 9.47. The zero-order valence-corrected chi connectivity index (χ0v) is 39.9. The molecule has 0 aromatic rings. The van der Waals surface area contributed by atoms with Crippen molar-refractivity contribution < 1.29 is 14.2 Å². The predicted molar refractivity (Wildman–Crippen MR) is 250 cm³/mol. The first-order valence-corrected chi connectivity index (χ1v) is 25.5. The maximum absolute atomic E-state index is 6.60. The van der Waals surface area contributed by atoms with Gasteiger partial charge in [-0.3, -0.25) is 0 Å². The van der Waals surface area contributed by atoms with Crippen LogP contribution in [0, 0.1) is 46.3 Å². The second kappa shape index (κ2) is 27.2. The molecule has 0 spiro atoms. The highest BCUT2D eigenvalue weighted by molar-refractivity contribution is 5.25. The Hall–Kier alpha value is -0.940. The first-order chi connectivity index (χ1) is 28.1. The van der Waals surface area contributed by atoms with Gasteiger partial charge in [-0.15, -0.1) is 0 Å². The second-order valence-electron chi connectivity index (χ2n) is 21.1. The Morgan fingerprint density at radius 2 is 1.45 bits per heavy atom. The van der Waals surface area contributed by atoms with Gasteiger partial charge in [-0.05, 0) is 163 Å². The van der Waals surface area contributed by atoms with E-state index in [1.54, 1.807) is 5.57 Å². The molecular weight excluding hydrogens is 711 g/mol. The topological polar surface area (TPSA) is 30.9 Å². The average Bonchev–Trinajstić information content (AvgIpc) is 3.55. The van der Waals surface area contributed by atoms with Gasteiger partial charge in [-0.2, -0.15) is 0 Å². The first kappa shape index (κ1) is 49.7. The molecule has 0 N–H and O–H groups in total. The minimum absolute atomic E-state index is 0.155. The summed E-state index contributed by atoms with van der Waals surface area (Å²) in [6, 6.07) is 0. The van der Waals surface area contributed by atoms with Gasteiger partial charge in [0.15, 0.2) is 0 Å². The van der Waals surface area contributed by atoms with E-state index in [4.69, 9.17) is 14.2 Å². The van der Waals surface area contributed by atoms with E-state index in [0.29, 0.717) is 23.5 Å². The number of rotatable bonds is 31. The average molecular weight is 808 g/mol. The Balaban J connectivity index is 1.03. The molecule has 0 aromatic carbocycles. The molecule has 0 aliphatic heterocycles. The highest BCUT2D eigenvalue weighted by Gasteiger charge is 2.59. The third kappa shape index (κ3) is 16.1. The summed E-state index contributed by atoms with van der Waals surface area (Å²) < 4.78 is 19.0. The molecule has 58 heavy (non-hydrogen) atoms. The van der Waals surface area contributed by atoms with Gasteiger partial charge >= 0.3 is 0 Å². The van der Waals surface area contributed by atoms with Crippen molar-refractivity contribution >= 4 is 0 Å². The molecule has 4 rings (SSSR count). The standard InChI is InChI=1S/C54H97NO3/c1-9-10-11-12-13-14-15-16-17-18-19-20-21-22-24-38-56-43-48(42-55(7)8)58-40-26-23-25-39-57-47-34-36-53(5)46(41-47)30-31-49-51-33-32-50(45(4)29-27-28-44(2)3)54(51,6)37-35-52(49)53/h12-13,15-16,30,44-45,47-52H,9-11,14,17-29,31-43H2,1-8H3/b13-12-,16-15-. The van der Waals surface area contributed by atoms with Crippen LogP contribution in [0.2, 0.25) is 0 Å². The number of unbranched alkanes of at least 4 members (excludes halogenated alkanes) is 10. The van der Waals surface area contributed by atoms with E-state index in [1.807, 2.05) is 0 Å². The van der Waals surface area contributed by atoms with Crippen molar-refractivity contribution in [3.05, 3.63) is 36.0 Å². The molecule has 4 heteroatoms. The summed E-state index contributed by atoms with van der Waals surface area (Å²) in [5.41, 5.74) is 2.76. The highest BCUT2D eigenvalue weighted by atomic mass is 16.5. The SMILES string of the molecule is CCCC/C=C\C/C=C\CCCCCCCCOCC(CN(C)C)OCCCCCOC1CCC2(C)C(=CCC3C2CCC2(C)C(C(C)CCCC(C)C)CCC32)C1. The van der Waals surface area contributed by atoms with Crippen LogP contribution in [0.25, 0.3) is 0 Å². The quantitative estimate of drug-likeness (QED) is 0.0516. The summed E-state index contributed by atoms with van der Waals surface area (Å²) in [7, 11) is 4.27. The summed E-state index contributed by atoms with van der Waals surface area (Å²) >= 11 is 0. The van der Waals surface area contributed by atoms with Crippen LogP contribution in [0.4, 0.5) is 0 Å². The molecule has 4 nitrogen and oxygen atoms in total. The Labute approximate surface area is 361 Å². The number of fused-ring (bicyclic) bond motifs is 5. The number of hydrogen-bond acceptors (Lipinski definition) is 4. The predicted octanol–water partition coefficient (Wildman–Crippen LogP) is 15.0. The van der Waals surface area contributed by atoms with Gasteiger partial charge in [0.05, 0.1) is 18.8 Å². The number of allylic oxidation sites excluding steroid dienone is 5. The van der Waals surface area contributed by atoms with Crippen LogP contribution in [0.5, 0.6) is 0 Å². The summed E-state index contributed by atoms with van der Waals surface area (Å²) in [6.45, 7) is 19.3. The molecule has 0 bridgehead atoms. The zero-order chi connectivity index (χ0) is 41.6. The number of likely N-dealkylation sites (N-methyl/N-ethyl adjacent to an activating group) is 1. The lowest BCUT2D eigenvalue weighted by Crippen LogP contribution is -2.51. The summed E-state index contributed by atoms with van der Waals surface area (Å²) in [6.07, 6.45) is 45.3. The number of hydrogen-bond donors (Lipinski definition) is 0. The molecule has 0 heterocycles. The Morgan fingerprint density at radius 1 is 0.741 bits per heavy atom. The molecule has 336 valence electrons. The monoisotopic (exact) mass is 808 g/mol. The molecule has 4 aliphatic rings. The number of nitrogens with zero attached hydrogens (tertiary/aromatic N) is 1. The van der Waals surface area contributed by atoms with Crippen LogP contribution < -0.4 is 0 Å². The third-order valence-electron chi connectivity index (χ3n) is 15.9. The minimum Gasteiger partial charge on any atom is -0.379 e. The van der Waals surface area contributed by atoms with Crippen LogP contribution in [-0.4, -0.2) is 64.2 Å². The van der Waals surface area contributed by atoms with Crippen molar-refractivity contribution in [3.8, 4) is 0 Å². The first-order valence-electron chi connectivity index (χ1n) is 25.5. The molecule has 3 saturated carbocycles.